The largest absolute Gasteiger partial charge is 0.332 e. The SMILES string of the molecule is CCCCCn1cnc2c1c(=O)n(CCC(C)=O)c(=O)n2CCCC. The normalized spacial score (nSPS) is 11.3. The van der Waals surface area contributed by atoms with Gasteiger partial charge in [0.1, 0.15) is 5.78 Å². The Morgan fingerprint density at radius 2 is 1.72 bits per heavy atom. The summed E-state index contributed by atoms with van der Waals surface area (Å²) in [6.07, 6.45) is 6.74. The number of hydrogen-bond donors (Lipinski definition) is 0. The van der Waals surface area contributed by atoms with Crippen LogP contribution in [0.1, 0.15) is 59.3 Å². The minimum Gasteiger partial charge on any atom is -0.325 e. The number of imidazole rings is 1. The molecule has 0 aliphatic rings. The van der Waals surface area contributed by atoms with Crippen molar-refractivity contribution in [2.24, 2.45) is 0 Å². The van der Waals surface area contributed by atoms with Gasteiger partial charge in [0.25, 0.3) is 5.56 Å². The lowest BCUT2D eigenvalue weighted by Gasteiger charge is -2.12. The number of aromatic nitrogens is 4. The summed E-state index contributed by atoms with van der Waals surface area (Å²) in [4.78, 5) is 41.3. The molecule has 2 aromatic heterocycles. The van der Waals surface area contributed by atoms with Gasteiger partial charge in [0, 0.05) is 26.1 Å². The van der Waals surface area contributed by atoms with E-state index >= 15 is 0 Å². The van der Waals surface area contributed by atoms with Crippen LogP contribution < -0.4 is 11.2 Å². The number of hydrogen-bond acceptors (Lipinski definition) is 4. The molecule has 0 spiro atoms. The summed E-state index contributed by atoms with van der Waals surface area (Å²) in [6.45, 7) is 7.00. The first-order valence-corrected chi connectivity index (χ1v) is 9.19. The summed E-state index contributed by atoms with van der Waals surface area (Å²) < 4.78 is 4.62. The van der Waals surface area contributed by atoms with Crippen LogP contribution in [-0.2, 0) is 24.4 Å². The molecule has 0 bridgehead atoms. The minimum atomic E-state index is -0.369. The van der Waals surface area contributed by atoms with Crippen LogP contribution in [0, 0.1) is 0 Å². The second kappa shape index (κ2) is 8.78. The van der Waals surface area contributed by atoms with Crippen LogP contribution in [0.4, 0.5) is 0 Å². The highest BCUT2D eigenvalue weighted by Gasteiger charge is 2.17. The first-order valence-electron chi connectivity index (χ1n) is 9.19. The molecule has 138 valence electrons. The van der Waals surface area contributed by atoms with Gasteiger partial charge >= 0.3 is 5.69 Å². The van der Waals surface area contributed by atoms with E-state index in [1.54, 1.807) is 10.9 Å². The molecule has 0 radical (unpaired) electrons. The Bertz CT molecular complexity index is 844. The predicted octanol–water partition coefficient (Wildman–Crippen LogP) is 2.33. The van der Waals surface area contributed by atoms with Crippen LogP contribution in [-0.4, -0.2) is 24.5 Å². The molecule has 2 aromatic rings. The van der Waals surface area contributed by atoms with Crippen molar-refractivity contribution in [3.05, 3.63) is 27.2 Å². The van der Waals surface area contributed by atoms with Gasteiger partial charge < -0.3 is 4.57 Å². The number of carbonyl (C=O) groups excluding carboxylic acids is 1. The van der Waals surface area contributed by atoms with Gasteiger partial charge in [0.05, 0.1) is 6.33 Å². The topological polar surface area (TPSA) is 78.9 Å². The van der Waals surface area contributed by atoms with Crippen molar-refractivity contribution in [2.45, 2.75) is 78.9 Å². The van der Waals surface area contributed by atoms with Gasteiger partial charge in [-0.2, -0.15) is 0 Å². The lowest BCUT2D eigenvalue weighted by Crippen LogP contribution is -2.41. The van der Waals surface area contributed by atoms with Crippen LogP contribution in [0.15, 0.2) is 15.9 Å². The van der Waals surface area contributed by atoms with Crippen LogP contribution >= 0.6 is 0 Å². The summed E-state index contributed by atoms with van der Waals surface area (Å²) in [5, 5.41) is 0. The van der Waals surface area contributed by atoms with Crippen molar-refractivity contribution in [3.8, 4) is 0 Å². The molecule has 25 heavy (non-hydrogen) atoms. The third kappa shape index (κ3) is 4.27. The molecule has 0 unspecified atom stereocenters. The van der Waals surface area contributed by atoms with Gasteiger partial charge in [-0.15, -0.1) is 0 Å². The maximum atomic E-state index is 12.9. The Morgan fingerprint density at radius 3 is 2.36 bits per heavy atom. The molecule has 0 aromatic carbocycles. The van der Waals surface area contributed by atoms with Crippen molar-refractivity contribution in [1.29, 1.82) is 0 Å². The maximum Gasteiger partial charge on any atom is 0.332 e. The Balaban J connectivity index is 2.57. The fourth-order valence-electron chi connectivity index (χ4n) is 2.92. The average molecular weight is 348 g/mol. The maximum absolute atomic E-state index is 12.9. The van der Waals surface area contributed by atoms with E-state index in [4.69, 9.17) is 0 Å². The Morgan fingerprint density at radius 1 is 1.00 bits per heavy atom. The number of aryl methyl sites for hydroxylation is 2. The third-order valence-corrected chi connectivity index (χ3v) is 4.41. The Hall–Kier alpha value is -2.18. The Kier molecular flexibility index (Phi) is 6.73. The highest BCUT2D eigenvalue weighted by atomic mass is 16.2. The van der Waals surface area contributed by atoms with E-state index in [1.165, 1.54) is 11.5 Å². The van der Waals surface area contributed by atoms with E-state index in [2.05, 4.69) is 18.8 Å². The van der Waals surface area contributed by atoms with Crippen molar-refractivity contribution in [1.82, 2.24) is 18.7 Å². The van der Waals surface area contributed by atoms with Crippen molar-refractivity contribution >= 4 is 16.9 Å². The fourth-order valence-corrected chi connectivity index (χ4v) is 2.92. The first-order chi connectivity index (χ1) is 12.0. The molecule has 0 atom stereocenters. The lowest BCUT2D eigenvalue weighted by molar-refractivity contribution is -0.117. The summed E-state index contributed by atoms with van der Waals surface area (Å²) >= 11 is 0. The average Bonchev–Trinajstić information content (AvgIpc) is 2.98. The predicted molar refractivity (Wildman–Crippen MR) is 98.0 cm³/mol. The molecule has 0 saturated heterocycles. The molecule has 2 heterocycles. The van der Waals surface area contributed by atoms with Crippen molar-refractivity contribution < 1.29 is 4.79 Å². The number of carbonyl (C=O) groups is 1. The molecule has 0 saturated carbocycles. The highest BCUT2D eigenvalue weighted by Crippen LogP contribution is 2.10. The number of rotatable bonds is 10. The van der Waals surface area contributed by atoms with Crippen LogP contribution in [0.5, 0.6) is 0 Å². The van der Waals surface area contributed by atoms with E-state index < -0.39 is 0 Å². The van der Waals surface area contributed by atoms with Gasteiger partial charge in [-0.3, -0.25) is 18.7 Å². The fraction of sp³-hybridized carbons (Fsp3) is 0.667. The molecule has 7 nitrogen and oxygen atoms in total. The number of nitrogens with zero attached hydrogens (tertiary/aromatic N) is 4. The van der Waals surface area contributed by atoms with Gasteiger partial charge in [-0.1, -0.05) is 33.1 Å². The zero-order valence-corrected chi connectivity index (χ0v) is 15.5. The van der Waals surface area contributed by atoms with Crippen LogP contribution in [0.2, 0.25) is 0 Å². The Labute approximate surface area is 147 Å². The van der Waals surface area contributed by atoms with Crippen LogP contribution in [0.3, 0.4) is 0 Å². The molecule has 7 heteroatoms. The zero-order valence-electron chi connectivity index (χ0n) is 15.5. The summed E-state index contributed by atoms with van der Waals surface area (Å²) in [5.74, 6) is -0.0389. The van der Waals surface area contributed by atoms with Gasteiger partial charge in [-0.05, 0) is 19.8 Å². The zero-order chi connectivity index (χ0) is 18.4. The number of unbranched alkanes of at least 4 members (excludes halogenated alkanes) is 3. The number of Topliss-reactive ketones (excluding diaryl/α,β-unsaturated/α-hetero) is 1. The van der Waals surface area contributed by atoms with E-state index in [-0.39, 0.29) is 30.0 Å². The summed E-state index contributed by atoms with van der Waals surface area (Å²) in [7, 11) is 0. The monoisotopic (exact) mass is 348 g/mol. The number of fused-ring (bicyclic) bond motifs is 1. The van der Waals surface area contributed by atoms with E-state index in [0.717, 1.165) is 32.1 Å². The van der Waals surface area contributed by atoms with Crippen LogP contribution in [0.25, 0.3) is 11.2 Å². The van der Waals surface area contributed by atoms with Crippen molar-refractivity contribution in [3.63, 3.8) is 0 Å². The second-order valence-corrected chi connectivity index (χ2v) is 6.51. The highest BCUT2D eigenvalue weighted by molar-refractivity contribution is 5.75. The summed E-state index contributed by atoms with van der Waals surface area (Å²) in [5.41, 5.74) is 0.211. The second-order valence-electron chi connectivity index (χ2n) is 6.51. The number of ketones is 1. The molecular weight excluding hydrogens is 320 g/mol. The summed E-state index contributed by atoms with van der Waals surface area (Å²) in [6, 6.07) is 0. The van der Waals surface area contributed by atoms with E-state index in [0.29, 0.717) is 24.3 Å². The third-order valence-electron chi connectivity index (χ3n) is 4.41. The molecule has 0 amide bonds. The molecule has 0 N–H and O–H groups in total. The molecule has 0 aliphatic carbocycles. The molecule has 0 aliphatic heterocycles. The van der Waals surface area contributed by atoms with E-state index in [1.807, 2.05) is 4.57 Å². The smallest absolute Gasteiger partial charge is 0.325 e. The van der Waals surface area contributed by atoms with E-state index in [9.17, 15) is 14.4 Å². The molecule has 2 rings (SSSR count). The lowest BCUT2D eigenvalue weighted by atomic mass is 10.2. The minimum absolute atomic E-state index is 0.0389. The van der Waals surface area contributed by atoms with Gasteiger partial charge in [0.15, 0.2) is 11.2 Å². The molecular formula is C18H28N4O3. The van der Waals surface area contributed by atoms with Gasteiger partial charge in [-0.25, -0.2) is 9.78 Å². The van der Waals surface area contributed by atoms with Gasteiger partial charge in [0.2, 0.25) is 0 Å². The first kappa shape index (κ1) is 19.1. The standard InChI is InChI=1S/C18H28N4O3/c1-4-6-8-10-20-13-19-16-15(20)17(24)22(12-9-14(3)23)18(25)21(16)11-7-5-2/h13H,4-12H2,1-3H3. The molecule has 0 fully saturated rings. The van der Waals surface area contributed by atoms with Crippen molar-refractivity contribution in [2.75, 3.05) is 0 Å². The quantitative estimate of drug-likeness (QED) is 0.617.